The van der Waals surface area contributed by atoms with Crippen molar-refractivity contribution in [3.63, 3.8) is 0 Å². The highest BCUT2D eigenvalue weighted by Gasteiger charge is 2.24. The van der Waals surface area contributed by atoms with E-state index < -0.39 is 12.1 Å². The van der Waals surface area contributed by atoms with E-state index in [4.69, 9.17) is 11.6 Å². The summed E-state index contributed by atoms with van der Waals surface area (Å²) in [6, 6.07) is 12.7. The van der Waals surface area contributed by atoms with Crippen molar-refractivity contribution < 1.29 is 13.2 Å². The van der Waals surface area contributed by atoms with Gasteiger partial charge in [-0.15, -0.1) is 0 Å². The summed E-state index contributed by atoms with van der Waals surface area (Å²) in [6.45, 7) is 3.87. The molecule has 0 amide bonds. The third-order valence-corrected chi connectivity index (χ3v) is 3.72. The first-order valence-electron chi connectivity index (χ1n) is 6.85. The average Bonchev–Trinajstić information content (AvgIpc) is 2.41. The van der Waals surface area contributed by atoms with Crippen molar-refractivity contribution in [2.45, 2.75) is 25.9 Å². The zero-order valence-corrected chi connectivity index (χ0v) is 13.0. The fourth-order valence-corrected chi connectivity index (χ4v) is 2.57. The van der Waals surface area contributed by atoms with E-state index >= 15 is 0 Å². The highest BCUT2D eigenvalue weighted by molar-refractivity contribution is 6.30. The van der Waals surface area contributed by atoms with E-state index in [2.05, 4.69) is 0 Å². The largest absolute Gasteiger partial charge is 0.409 e. The molecule has 2 rings (SSSR count). The molecule has 0 heterocycles. The zero-order valence-electron chi connectivity index (χ0n) is 12.3. The Bertz CT molecular complexity index is 670. The van der Waals surface area contributed by atoms with Crippen molar-refractivity contribution in [2.24, 2.45) is 0 Å². The second kappa shape index (κ2) is 6.57. The van der Waals surface area contributed by atoms with E-state index in [9.17, 15) is 13.2 Å². The molecule has 0 radical (unpaired) electrons. The first kappa shape index (κ1) is 16.6. The van der Waals surface area contributed by atoms with Crippen LogP contribution < -0.4 is 0 Å². The molecule has 0 fully saturated rings. The Labute approximate surface area is 133 Å². The van der Waals surface area contributed by atoms with Crippen molar-refractivity contribution in [3.05, 3.63) is 81.9 Å². The SMILES string of the molecule is Cc1ccc(C(/C=C/C(F)(F)F)c2ccc(Cl)cc2)c(C)c1. The topological polar surface area (TPSA) is 0 Å². The fourth-order valence-electron chi connectivity index (χ4n) is 2.44. The molecule has 0 aromatic heterocycles. The van der Waals surface area contributed by atoms with Crippen LogP contribution in [0.4, 0.5) is 13.2 Å². The van der Waals surface area contributed by atoms with E-state index in [-0.39, 0.29) is 0 Å². The Morgan fingerprint density at radius 2 is 1.64 bits per heavy atom. The van der Waals surface area contributed by atoms with Crippen LogP contribution in [0.25, 0.3) is 0 Å². The Morgan fingerprint density at radius 3 is 2.18 bits per heavy atom. The van der Waals surface area contributed by atoms with Gasteiger partial charge in [0, 0.05) is 17.0 Å². The molecule has 4 heteroatoms. The minimum absolute atomic E-state index is 0.297. The van der Waals surface area contributed by atoms with Gasteiger partial charge in [-0.3, -0.25) is 0 Å². The molecule has 1 unspecified atom stereocenters. The fraction of sp³-hybridized carbons (Fsp3) is 0.222. The molecule has 0 bridgehead atoms. The highest BCUT2D eigenvalue weighted by Crippen LogP contribution is 2.31. The summed E-state index contributed by atoms with van der Waals surface area (Å²) in [5, 5.41) is 0.558. The summed E-state index contributed by atoms with van der Waals surface area (Å²) in [5.41, 5.74) is 3.67. The molecule has 2 aromatic carbocycles. The number of halogens is 4. The lowest BCUT2D eigenvalue weighted by Crippen LogP contribution is -2.05. The van der Waals surface area contributed by atoms with Crippen LogP contribution in [-0.4, -0.2) is 6.18 Å². The van der Waals surface area contributed by atoms with Crippen LogP contribution in [0.15, 0.2) is 54.6 Å². The van der Waals surface area contributed by atoms with Crippen LogP contribution in [0.3, 0.4) is 0 Å². The summed E-state index contributed by atoms with van der Waals surface area (Å²) in [7, 11) is 0. The van der Waals surface area contributed by atoms with Gasteiger partial charge in [-0.25, -0.2) is 0 Å². The summed E-state index contributed by atoms with van der Waals surface area (Å²) in [4.78, 5) is 0. The molecule has 1 atom stereocenters. The lowest BCUT2D eigenvalue weighted by Gasteiger charge is -2.18. The van der Waals surface area contributed by atoms with E-state index in [0.29, 0.717) is 11.1 Å². The molecule has 0 saturated heterocycles. The maximum atomic E-state index is 12.6. The summed E-state index contributed by atoms with van der Waals surface area (Å²) in [5.74, 6) is -0.459. The third-order valence-electron chi connectivity index (χ3n) is 3.47. The van der Waals surface area contributed by atoms with Gasteiger partial charge in [0.2, 0.25) is 0 Å². The molecular formula is C18H16ClF3. The molecule has 0 nitrogen and oxygen atoms in total. The first-order chi connectivity index (χ1) is 10.3. The summed E-state index contributed by atoms with van der Waals surface area (Å²) < 4.78 is 37.7. The number of aryl methyl sites for hydroxylation is 2. The number of rotatable bonds is 3. The molecule has 0 aliphatic carbocycles. The Balaban J connectivity index is 2.49. The molecule has 116 valence electrons. The average molecular weight is 325 g/mol. The van der Waals surface area contributed by atoms with Crippen LogP contribution in [0.1, 0.15) is 28.2 Å². The van der Waals surface area contributed by atoms with Gasteiger partial charge >= 0.3 is 6.18 Å². The van der Waals surface area contributed by atoms with E-state index in [0.717, 1.165) is 22.3 Å². The second-order valence-corrected chi connectivity index (χ2v) is 5.73. The molecule has 0 spiro atoms. The van der Waals surface area contributed by atoms with Gasteiger partial charge in [0.15, 0.2) is 0 Å². The van der Waals surface area contributed by atoms with Crippen molar-refractivity contribution >= 4 is 11.6 Å². The maximum Gasteiger partial charge on any atom is 0.409 e. The number of alkyl halides is 3. The molecule has 0 N–H and O–H groups in total. The lowest BCUT2D eigenvalue weighted by atomic mass is 9.87. The molecule has 0 saturated carbocycles. The van der Waals surface area contributed by atoms with Crippen molar-refractivity contribution in [1.82, 2.24) is 0 Å². The number of hydrogen-bond acceptors (Lipinski definition) is 0. The predicted octanol–water partition coefficient (Wildman–Crippen LogP) is 6.21. The zero-order chi connectivity index (χ0) is 16.3. The van der Waals surface area contributed by atoms with Gasteiger partial charge in [-0.1, -0.05) is 53.6 Å². The quantitative estimate of drug-likeness (QED) is 0.589. The van der Waals surface area contributed by atoms with Crippen molar-refractivity contribution in [1.29, 1.82) is 0 Å². The number of hydrogen-bond donors (Lipinski definition) is 0. The first-order valence-corrected chi connectivity index (χ1v) is 7.23. The van der Waals surface area contributed by atoms with E-state index in [1.165, 1.54) is 6.08 Å². The third kappa shape index (κ3) is 4.38. The minimum atomic E-state index is -4.33. The van der Waals surface area contributed by atoms with Gasteiger partial charge in [-0.2, -0.15) is 13.2 Å². The number of allylic oxidation sites excluding steroid dienone is 2. The smallest absolute Gasteiger partial charge is 0.167 e. The molecular weight excluding hydrogens is 309 g/mol. The molecule has 2 aromatic rings. The van der Waals surface area contributed by atoms with Crippen molar-refractivity contribution in [2.75, 3.05) is 0 Å². The predicted molar refractivity (Wildman–Crippen MR) is 84.4 cm³/mol. The molecule has 0 aliphatic rings. The van der Waals surface area contributed by atoms with Crippen LogP contribution in [0, 0.1) is 13.8 Å². The van der Waals surface area contributed by atoms with Crippen molar-refractivity contribution in [3.8, 4) is 0 Å². The lowest BCUT2D eigenvalue weighted by molar-refractivity contribution is -0.0800. The molecule has 0 aliphatic heterocycles. The monoisotopic (exact) mass is 324 g/mol. The van der Waals surface area contributed by atoms with Gasteiger partial charge in [0.25, 0.3) is 0 Å². The van der Waals surface area contributed by atoms with Crippen LogP contribution in [0.5, 0.6) is 0 Å². The number of benzene rings is 2. The van der Waals surface area contributed by atoms with E-state index in [1.807, 2.05) is 32.0 Å². The Hall–Kier alpha value is -1.74. The summed E-state index contributed by atoms with van der Waals surface area (Å²) in [6.07, 6.45) is -2.84. The van der Waals surface area contributed by atoms with Crippen LogP contribution in [-0.2, 0) is 0 Å². The van der Waals surface area contributed by atoms with E-state index in [1.54, 1.807) is 24.3 Å². The molecule has 22 heavy (non-hydrogen) atoms. The Morgan fingerprint density at radius 1 is 1.00 bits per heavy atom. The normalized spacial score (nSPS) is 13.5. The highest BCUT2D eigenvalue weighted by atomic mass is 35.5. The van der Waals surface area contributed by atoms with Gasteiger partial charge in [0.1, 0.15) is 0 Å². The van der Waals surface area contributed by atoms with Gasteiger partial charge in [-0.05, 0) is 42.7 Å². The maximum absolute atomic E-state index is 12.6. The summed E-state index contributed by atoms with van der Waals surface area (Å²) >= 11 is 5.87. The second-order valence-electron chi connectivity index (χ2n) is 5.29. The minimum Gasteiger partial charge on any atom is -0.167 e. The standard InChI is InChI=1S/C18H16ClF3/c1-12-3-8-16(13(2)11-12)17(9-10-18(20,21)22)14-4-6-15(19)7-5-14/h3-11,17H,1-2H3/b10-9+. The Kier molecular flexibility index (Phi) is 4.97. The van der Waals surface area contributed by atoms with Gasteiger partial charge < -0.3 is 0 Å². The van der Waals surface area contributed by atoms with Crippen LogP contribution >= 0.6 is 11.6 Å². The van der Waals surface area contributed by atoms with Gasteiger partial charge in [0.05, 0.1) is 0 Å². The van der Waals surface area contributed by atoms with Crippen LogP contribution in [0.2, 0.25) is 5.02 Å².